The van der Waals surface area contributed by atoms with E-state index < -0.39 is 11.7 Å². The third-order valence-corrected chi connectivity index (χ3v) is 7.83. The number of thioether (sulfide) groups is 1. The number of esters is 1. The number of nitrogens with zero attached hydrogens (tertiary/aromatic N) is 4. The van der Waals surface area contributed by atoms with Gasteiger partial charge in [-0.2, -0.15) is 0 Å². The number of ether oxygens (including phenoxy) is 3. The number of nitrogens with one attached hydrogen (secondary N) is 1. The van der Waals surface area contributed by atoms with Gasteiger partial charge in [-0.25, -0.2) is 15.0 Å². The van der Waals surface area contributed by atoms with Crippen molar-refractivity contribution in [3.63, 3.8) is 0 Å². The molecule has 2 fully saturated rings. The Bertz CT molecular complexity index is 1260. The van der Waals surface area contributed by atoms with E-state index in [2.05, 4.69) is 15.3 Å². The van der Waals surface area contributed by atoms with Gasteiger partial charge in [0.2, 0.25) is 0 Å². The third-order valence-electron chi connectivity index (χ3n) is 6.25. The van der Waals surface area contributed by atoms with E-state index >= 15 is 0 Å². The molecule has 4 atom stereocenters. The number of anilines is 1. The van der Waals surface area contributed by atoms with Crippen LogP contribution in [0.1, 0.15) is 31.7 Å². The second-order valence-corrected chi connectivity index (χ2v) is 10.8. The number of carbonyl (C=O) groups is 1. The van der Waals surface area contributed by atoms with Crippen LogP contribution in [0.25, 0.3) is 20.8 Å². The van der Waals surface area contributed by atoms with Crippen molar-refractivity contribution in [1.82, 2.24) is 19.9 Å². The Morgan fingerprint density at radius 3 is 2.68 bits per heavy atom. The summed E-state index contributed by atoms with van der Waals surface area (Å²) in [5, 5.41) is 5.05. The first-order valence-corrected chi connectivity index (χ1v) is 13.1. The molecule has 0 bridgehead atoms. The highest BCUT2D eigenvalue weighted by molar-refractivity contribution is 7.98. The maximum Gasteiger partial charge on any atom is 0.311 e. The molecule has 1 aliphatic carbocycles. The zero-order chi connectivity index (χ0) is 24.2. The van der Waals surface area contributed by atoms with Gasteiger partial charge in [-0.15, -0.1) is 11.3 Å². The molecule has 0 unspecified atom stereocenters. The summed E-state index contributed by atoms with van der Waals surface area (Å²) in [6.45, 7) is 7.64. The number of fused-ring (bicyclic) bond motifs is 2. The number of aryl methyl sites for hydroxylation is 2. The second-order valence-electron chi connectivity index (χ2n) is 8.96. The van der Waals surface area contributed by atoms with E-state index in [0.29, 0.717) is 17.4 Å². The van der Waals surface area contributed by atoms with Gasteiger partial charge in [0.05, 0.1) is 40.7 Å². The maximum atomic E-state index is 12.5. The molecular weight excluding hydrogens is 474 g/mol. The third kappa shape index (κ3) is 4.04. The summed E-state index contributed by atoms with van der Waals surface area (Å²) < 4.78 is 18.4. The number of pyridine rings is 1. The van der Waals surface area contributed by atoms with E-state index in [1.54, 1.807) is 17.5 Å². The van der Waals surface area contributed by atoms with Crippen molar-refractivity contribution in [2.75, 3.05) is 18.7 Å². The molecule has 1 N–H and O–H groups in total. The number of carbonyl (C=O) groups excluding carboxylic acids is 1. The van der Waals surface area contributed by atoms with Gasteiger partial charge in [0.15, 0.2) is 10.9 Å². The van der Waals surface area contributed by atoms with Crippen LogP contribution in [0.3, 0.4) is 0 Å². The van der Waals surface area contributed by atoms with Crippen molar-refractivity contribution in [3.8, 4) is 10.6 Å². The van der Waals surface area contributed by atoms with Crippen molar-refractivity contribution < 1.29 is 19.0 Å². The summed E-state index contributed by atoms with van der Waals surface area (Å²) in [7, 11) is 1.40. The van der Waals surface area contributed by atoms with Gasteiger partial charge in [-0.05, 0) is 46.4 Å². The summed E-state index contributed by atoms with van der Waals surface area (Å²) >= 11 is 3.06. The summed E-state index contributed by atoms with van der Waals surface area (Å²) in [5.41, 5.74) is 3.43. The normalized spacial score (nSPS) is 25.5. The average molecular weight is 502 g/mol. The molecule has 1 saturated heterocycles. The lowest BCUT2D eigenvalue weighted by Crippen LogP contribution is -2.35. The molecule has 180 valence electrons. The monoisotopic (exact) mass is 501 g/mol. The van der Waals surface area contributed by atoms with E-state index in [0.717, 1.165) is 32.2 Å². The van der Waals surface area contributed by atoms with Gasteiger partial charge in [0.25, 0.3) is 0 Å². The van der Waals surface area contributed by atoms with E-state index in [4.69, 9.17) is 24.2 Å². The zero-order valence-electron chi connectivity index (χ0n) is 19.9. The van der Waals surface area contributed by atoms with E-state index in [1.165, 1.54) is 18.9 Å². The van der Waals surface area contributed by atoms with Crippen molar-refractivity contribution in [2.45, 2.75) is 63.3 Å². The molecule has 3 aromatic rings. The summed E-state index contributed by atoms with van der Waals surface area (Å²) in [6, 6.07) is 1.77. The fourth-order valence-corrected chi connectivity index (χ4v) is 6.29. The minimum Gasteiger partial charge on any atom is -0.469 e. The largest absolute Gasteiger partial charge is 0.469 e. The van der Waals surface area contributed by atoms with Gasteiger partial charge in [-0.3, -0.25) is 9.78 Å². The fourth-order valence-electron chi connectivity index (χ4n) is 4.77. The van der Waals surface area contributed by atoms with Crippen LogP contribution in [-0.2, 0) is 19.0 Å². The van der Waals surface area contributed by atoms with Crippen molar-refractivity contribution in [2.24, 2.45) is 5.92 Å². The van der Waals surface area contributed by atoms with Crippen LogP contribution in [0, 0.1) is 19.8 Å². The number of thiazole rings is 1. The lowest BCUT2D eigenvalue weighted by Gasteiger charge is -2.24. The van der Waals surface area contributed by atoms with Crippen LogP contribution in [0.4, 0.5) is 5.82 Å². The molecule has 9 nitrogen and oxygen atoms in total. The molecule has 0 amide bonds. The lowest BCUT2D eigenvalue weighted by atomic mass is 10.1. The average Bonchev–Trinajstić information content (AvgIpc) is 3.45. The van der Waals surface area contributed by atoms with Gasteiger partial charge in [0.1, 0.15) is 28.6 Å². The topological polar surface area (TPSA) is 108 Å². The molecule has 0 radical (unpaired) electrons. The van der Waals surface area contributed by atoms with Crippen molar-refractivity contribution in [1.29, 1.82) is 0 Å². The first kappa shape index (κ1) is 23.4. The summed E-state index contributed by atoms with van der Waals surface area (Å²) in [5.74, 6) is -0.825. The number of aromatic nitrogens is 4. The van der Waals surface area contributed by atoms with E-state index in [-0.39, 0.29) is 24.2 Å². The minimum atomic E-state index is -0.783. The molecule has 2 aliphatic rings. The van der Waals surface area contributed by atoms with Crippen LogP contribution in [0.5, 0.6) is 0 Å². The predicted octanol–water partition coefficient (Wildman–Crippen LogP) is 3.98. The molecule has 11 heteroatoms. The molecule has 3 aromatic heterocycles. The maximum absolute atomic E-state index is 12.5. The molecule has 1 aliphatic heterocycles. The number of hydrogen-bond acceptors (Lipinski definition) is 11. The highest BCUT2D eigenvalue weighted by Gasteiger charge is 2.56. The standard InChI is InChI=1S/C23H27N5O4S2/c1-10-15(20-27-16-11(2)24-8-7-14(16)34-20)19(28-22(25-10)33-6)26-13-9-12(21(29)30-5)17-18(13)32-23(3,4)31-17/h7-8,12-13,17-18H,9H2,1-6H3,(H,25,26,28)/t12-,13+,17+,18-/m0/s1. The minimum absolute atomic E-state index is 0.198. The zero-order valence-corrected chi connectivity index (χ0v) is 21.5. The van der Waals surface area contributed by atoms with E-state index in [9.17, 15) is 4.79 Å². The quantitative estimate of drug-likeness (QED) is 0.313. The highest BCUT2D eigenvalue weighted by Crippen LogP contribution is 2.44. The molecule has 0 aromatic carbocycles. The summed E-state index contributed by atoms with van der Waals surface area (Å²) in [6.07, 6.45) is 3.55. The van der Waals surface area contributed by atoms with Crippen LogP contribution in [0.2, 0.25) is 0 Å². The number of rotatable bonds is 5. The molecule has 34 heavy (non-hydrogen) atoms. The Morgan fingerprint density at radius 1 is 1.21 bits per heavy atom. The Hall–Kier alpha value is -2.34. The van der Waals surface area contributed by atoms with Gasteiger partial charge < -0.3 is 19.5 Å². The second kappa shape index (κ2) is 8.71. The fraction of sp³-hybridized carbons (Fsp3) is 0.522. The molecule has 0 spiro atoms. The van der Waals surface area contributed by atoms with Crippen LogP contribution >= 0.6 is 23.1 Å². The Balaban J connectivity index is 1.56. The first-order chi connectivity index (χ1) is 16.2. The molecule has 1 saturated carbocycles. The van der Waals surface area contributed by atoms with E-state index in [1.807, 2.05) is 40.0 Å². The molecule has 5 rings (SSSR count). The smallest absolute Gasteiger partial charge is 0.311 e. The SMILES string of the molecule is COC(=O)[C@H]1C[C@@H](Nc2nc(SC)nc(C)c2-c2nc3c(C)nccc3s2)[C@@H]2OC(C)(C)O[C@@H]21. The predicted molar refractivity (Wildman–Crippen MR) is 131 cm³/mol. The Labute approximate surface area is 206 Å². The molecular formula is C23H27N5O4S2. The van der Waals surface area contributed by atoms with Crippen molar-refractivity contribution >= 4 is 45.1 Å². The molecule has 4 heterocycles. The van der Waals surface area contributed by atoms with Crippen LogP contribution in [0.15, 0.2) is 17.4 Å². The summed E-state index contributed by atoms with van der Waals surface area (Å²) in [4.78, 5) is 31.2. The van der Waals surface area contributed by atoms with Gasteiger partial charge in [0, 0.05) is 6.20 Å². The van der Waals surface area contributed by atoms with Crippen molar-refractivity contribution in [3.05, 3.63) is 23.7 Å². The van der Waals surface area contributed by atoms with Crippen LogP contribution in [-0.4, -0.2) is 63.3 Å². The van der Waals surface area contributed by atoms with Gasteiger partial charge >= 0.3 is 5.97 Å². The Kier molecular flexibility index (Phi) is 5.99. The number of hydrogen-bond donors (Lipinski definition) is 1. The van der Waals surface area contributed by atoms with Gasteiger partial charge in [-0.1, -0.05) is 11.8 Å². The first-order valence-electron chi connectivity index (χ1n) is 11.1. The highest BCUT2D eigenvalue weighted by atomic mass is 32.2. The number of methoxy groups -OCH3 is 1. The van der Waals surface area contributed by atoms with Crippen LogP contribution < -0.4 is 5.32 Å². The Morgan fingerprint density at radius 2 is 1.97 bits per heavy atom. The lowest BCUT2D eigenvalue weighted by molar-refractivity contribution is -0.167.